The molecular weight excluding hydrogens is 368 g/mol. The van der Waals surface area contributed by atoms with Crippen molar-refractivity contribution in [3.05, 3.63) is 26.8 Å². The molecule has 1 aromatic rings. The molecule has 1 aliphatic rings. The Kier molecular flexibility index (Phi) is 3.67. The first kappa shape index (κ1) is 13.4. The lowest BCUT2D eigenvalue weighted by atomic mass is 10.1. The van der Waals surface area contributed by atoms with Crippen molar-refractivity contribution in [1.82, 2.24) is 0 Å². The summed E-state index contributed by atoms with van der Waals surface area (Å²) in [4.78, 5) is 12.1. The van der Waals surface area contributed by atoms with Gasteiger partial charge in [0.1, 0.15) is 5.41 Å². The van der Waals surface area contributed by atoms with Gasteiger partial charge in [0.05, 0.1) is 10.7 Å². The molecule has 0 aliphatic heterocycles. The average Bonchev–Trinajstić information content (AvgIpc) is 3.13. The molecule has 0 radical (unpaired) electrons. The first-order valence-electron chi connectivity index (χ1n) is 5.24. The number of hydrogen-bond donors (Lipinski definition) is 3. The van der Waals surface area contributed by atoms with Crippen LogP contribution in [0.1, 0.15) is 12.8 Å². The van der Waals surface area contributed by atoms with E-state index in [1.807, 2.05) is 6.07 Å². The highest BCUT2D eigenvalue weighted by Crippen LogP contribution is 2.47. The summed E-state index contributed by atoms with van der Waals surface area (Å²) in [6.45, 7) is 0. The van der Waals surface area contributed by atoms with Gasteiger partial charge in [-0.2, -0.15) is 0 Å². The number of carbonyl (C=O) groups excluding carboxylic acids is 1. The van der Waals surface area contributed by atoms with Gasteiger partial charge in [0.15, 0.2) is 5.84 Å². The van der Waals surface area contributed by atoms with Crippen molar-refractivity contribution in [3.8, 4) is 0 Å². The number of nitrogens with zero attached hydrogens (tertiary/aromatic N) is 1. The standard InChI is InChI=1S/C11H11ClIN3O2/c12-7-5-6(13)1-2-8(7)15-10(17)11(3-4-11)9(14)16-18/h1-2,5,18H,3-4H2,(H2,14,16)(H,15,17). The lowest BCUT2D eigenvalue weighted by Crippen LogP contribution is -2.36. The molecule has 2 rings (SSSR count). The quantitative estimate of drug-likeness (QED) is 0.248. The largest absolute Gasteiger partial charge is 0.409 e. The van der Waals surface area contributed by atoms with Gasteiger partial charge in [0, 0.05) is 3.57 Å². The first-order chi connectivity index (χ1) is 8.49. The summed E-state index contributed by atoms with van der Waals surface area (Å²) in [6.07, 6.45) is 1.16. The van der Waals surface area contributed by atoms with E-state index < -0.39 is 5.41 Å². The number of nitrogens with one attached hydrogen (secondary N) is 1. The van der Waals surface area contributed by atoms with E-state index in [4.69, 9.17) is 22.5 Å². The minimum absolute atomic E-state index is 0.0540. The van der Waals surface area contributed by atoms with Gasteiger partial charge in [0.2, 0.25) is 5.91 Å². The lowest BCUT2D eigenvalue weighted by molar-refractivity contribution is -0.119. The van der Waals surface area contributed by atoms with Gasteiger partial charge < -0.3 is 16.3 Å². The van der Waals surface area contributed by atoms with Crippen LogP contribution in [0.15, 0.2) is 23.4 Å². The fourth-order valence-corrected chi connectivity index (χ4v) is 2.56. The molecule has 1 aliphatic carbocycles. The molecule has 0 atom stereocenters. The van der Waals surface area contributed by atoms with E-state index in [2.05, 4.69) is 33.1 Å². The fraction of sp³-hybridized carbons (Fsp3) is 0.273. The molecular formula is C11H11ClIN3O2. The second-order valence-electron chi connectivity index (χ2n) is 4.15. The number of oxime groups is 1. The Balaban J connectivity index is 2.18. The molecule has 1 fully saturated rings. The fourth-order valence-electron chi connectivity index (χ4n) is 1.65. The van der Waals surface area contributed by atoms with E-state index in [0.717, 1.165) is 3.57 Å². The molecule has 0 heterocycles. The van der Waals surface area contributed by atoms with Crippen molar-refractivity contribution in [2.24, 2.45) is 16.3 Å². The predicted molar refractivity (Wildman–Crippen MR) is 77.9 cm³/mol. The Morgan fingerprint density at radius 2 is 2.22 bits per heavy atom. The second-order valence-corrected chi connectivity index (χ2v) is 5.80. The third-order valence-electron chi connectivity index (χ3n) is 2.96. The topological polar surface area (TPSA) is 87.7 Å². The van der Waals surface area contributed by atoms with E-state index in [9.17, 15) is 4.79 Å². The molecule has 0 aromatic heterocycles. The normalized spacial score (nSPS) is 17.3. The zero-order valence-corrected chi connectivity index (χ0v) is 12.2. The van der Waals surface area contributed by atoms with Gasteiger partial charge in [0.25, 0.3) is 0 Å². The van der Waals surface area contributed by atoms with Crippen LogP contribution < -0.4 is 11.1 Å². The van der Waals surface area contributed by atoms with Gasteiger partial charge >= 0.3 is 0 Å². The van der Waals surface area contributed by atoms with Crippen LogP contribution in [0.2, 0.25) is 5.02 Å². The predicted octanol–water partition coefficient (Wildman–Crippen LogP) is 2.41. The lowest BCUT2D eigenvalue weighted by Gasteiger charge is -2.14. The van der Waals surface area contributed by atoms with Crippen LogP contribution in [-0.4, -0.2) is 17.0 Å². The van der Waals surface area contributed by atoms with Gasteiger partial charge in [-0.05, 0) is 53.6 Å². The molecule has 7 heteroatoms. The van der Waals surface area contributed by atoms with E-state index >= 15 is 0 Å². The summed E-state index contributed by atoms with van der Waals surface area (Å²) in [7, 11) is 0. The molecule has 4 N–H and O–H groups in total. The van der Waals surface area contributed by atoms with Crippen molar-refractivity contribution in [2.75, 3.05) is 5.32 Å². The number of carbonyl (C=O) groups is 1. The maximum Gasteiger partial charge on any atom is 0.238 e. The van der Waals surface area contributed by atoms with Crippen molar-refractivity contribution < 1.29 is 10.0 Å². The summed E-state index contributed by atoms with van der Waals surface area (Å²) < 4.78 is 0.980. The number of benzene rings is 1. The maximum atomic E-state index is 12.1. The number of amides is 1. The molecule has 1 aromatic carbocycles. The SMILES string of the molecule is N/C(=N/O)C1(C(=O)Nc2ccc(I)cc2Cl)CC1. The minimum atomic E-state index is -0.874. The van der Waals surface area contributed by atoms with Crippen LogP contribution in [0.25, 0.3) is 0 Å². The molecule has 96 valence electrons. The van der Waals surface area contributed by atoms with E-state index in [1.54, 1.807) is 12.1 Å². The molecule has 0 saturated heterocycles. The molecule has 18 heavy (non-hydrogen) atoms. The Morgan fingerprint density at radius 1 is 1.56 bits per heavy atom. The molecule has 5 nitrogen and oxygen atoms in total. The summed E-state index contributed by atoms with van der Waals surface area (Å²) in [6, 6.07) is 5.32. The average molecular weight is 380 g/mol. The third-order valence-corrected chi connectivity index (χ3v) is 3.95. The third kappa shape index (κ3) is 2.39. The van der Waals surface area contributed by atoms with Crippen molar-refractivity contribution in [1.29, 1.82) is 0 Å². The molecule has 1 saturated carbocycles. The number of nitrogens with two attached hydrogens (primary N) is 1. The van der Waals surface area contributed by atoms with Crippen LogP contribution >= 0.6 is 34.2 Å². The highest BCUT2D eigenvalue weighted by molar-refractivity contribution is 14.1. The van der Waals surface area contributed by atoms with E-state index in [0.29, 0.717) is 23.6 Å². The van der Waals surface area contributed by atoms with Gasteiger partial charge in [-0.15, -0.1) is 0 Å². The van der Waals surface area contributed by atoms with Crippen molar-refractivity contribution >= 4 is 51.6 Å². The number of amidine groups is 1. The molecule has 0 bridgehead atoms. The Hall–Kier alpha value is -1.02. The zero-order valence-electron chi connectivity index (χ0n) is 9.28. The van der Waals surface area contributed by atoms with E-state index in [1.165, 1.54) is 0 Å². The Bertz CT molecular complexity index is 529. The number of anilines is 1. The van der Waals surface area contributed by atoms with Crippen LogP contribution in [0.5, 0.6) is 0 Å². The Morgan fingerprint density at radius 3 is 2.72 bits per heavy atom. The van der Waals surface area contributed by atoms with Crippen molar-refractivity contribution in [3.63, 3.8) is 0 Å². The highest BCUT2D eigenvalue weighted by Gasteiger charge is 2.54. The van der Waals surface area contributed by atoms with E-state index in [-0.39, 0.29) is 11.7 Å². The van der Waals surface area contributed by atoms with Crippen LogP contribution in [-0.2, 0) is 4.79 Å². The summed E-state index contributed by atoms with van der Waals surface area (Å²) in [5.41, 5.74) is 5.19. The van der Waals surface area contributed by atoms with Gasteiger partial charge in [-0.25, -0.2) is 0 Å². The summed E-state index contributed by atoms with van der Waals surface area (Å²) in [5, 5.41) is 14.8. The minimum Gasteiger partial charge on any atom is -0.409 e. The Labute approximate surface area is 123 Å². The van der Waals surface area contributed by atoms with Crippen LogP contribution in [0, 0.1) is 8.99 Å². The number of hydrogen-bond acceptors (Lipinski definition) is 3. The molecule has 0 spiro atoms. The monoisotopic (exact) mass is 379 g/mol. The van der Waals surface area contributed by atoms with Crippen LogP contribution in [0.3, 0.4) is 0 Å². The second kappa shape index (κ2) is 4.93. The molecule has 1 amide bonds. The maximum absolute atomic E-state index is 12.1. The summed E-state index contributed by atoms with van der Waals surface area (Å²) in [5.74, 6) is -0.345. The smallest absolute Gasteiger partial charge is 0.238 e. The van der Waals surface area contributed by atoms with Crippen molar-refractivity contribution in [2.45, 2.75) is 12.8 Å². The zero-order chi connectivity index (χ0) is 13.3. The highest BCUT2D eigenvalue weighted by atomic mass is 127. The van der Waals surface area contributed by atoms with Gasteiger partial charge in [-0.3, -0.25) is 4.79 Å². The van der Waals surface area contributed by atoms with Gasteiger partial charge in [-0.1, -0.05) is 16.8 Å². The number of rotatable bonds is 3. The van der Waals surface area contributed by atoms with Crippen LogP contribution in [0.4, 0.5) is 5.69 Å². The molecule has 0 unspecified atom stereocenters. The number of halogens is 2. The summed E-state index contributed by atoms with van der Waals surface area (Å²) >= 11 is 8.16. The first-order valence-corrected chi connectivity index (χ1v) is 6.70.